The van der Waals surface area contributed by atoms with Crippen molar-refractivity contribution in [2.45, 2.75) is 32.8 Å². The molecule has 2 aliphatic rings. The number of ether oxygens (including phenoxy) is 1. The van der Waals surface area contributed by atoms with E-state index in [4.69, 9.17) is 14.6 Å². The number of carbonyl (C=O) groups excluding carboxylic acids is 1. The molecule has 1 N–H and O–H groups in total. The molecular weight excluding hydrogens is 210 g/mol. The van der Waals surface area contributed by atoms with Gasteiger partial charge in [-0.15, -0.1) is 0 Å². The second-order valence-electron chi connectivity index (χ2n) is 5.25. The van der Waals surface area contributed by atoms with Gasteiger partial charge in [-0.2, -0.15) is 0 Å². The molecule has 0 aromatic rings. The van der Waals surface area contributed by atoms with Crippen molar-refractivity contribution in [1.82, 2.24) is 4.90 Å². The van der Waals surface area contributed by atoms with Crippen molar-refractivity contribution >= 4 is 12.6 Å². The fourth-order valence-corrected chi connectivity index (χ4v) is 1.87. The monoisotopic (exact) mass is 229 g/mol. The molecule has 1 saturated heterocycles. The second kappa shape index (κ2) is 4.72. The third kappa shape index (κ3) is 3.72. The van der Waals surface area contributed by atoms with E-state index in [2.05, 4.69) is 0 Å². The van der Waals surface area contributed by atoms with Crippen LogP contribution in [-0.2, 0) is 9.53 Å². The first-order valence-corrected chi connectivity index (χ1v) is 5.43. The van der Waals surface area contributed by atoms with Gasteiger partial charge < -0.3 is 14.7 Å². The van der Waals surface area contributed by atoms with Crippen molar-refractivity contribution in [2.75, 3.05) is 13.1 Å². The van der Waals surface area contributed by atoms with Gasteiger partial charge in [-0.05, 0) is 39.0 Å². The lowest BCUT2D eigenvalue weighted by molar-refractivity contribution is -0.122. The van der Waals surface area contributed by atoms with E-state index in [0.29, 0.717) is 0 Å². The first-order valence-electron chi connectivity index (χ1n) is 5.43. The van der Waals surface area contributed by atoms with Gasteiger partial charge in [0.05, 0.1) is 0 Å². The van der Waals surface area contributed by atoms with Gasteiger partial charge in [-0.25, -0.2) is 4.79 Å². The Hall–Kier alpha value is -1.26. The minimum atomic E-state index is -0.357. The average Bonchev–Trinajstić information content (AvgIpc) is 2.72. The van der Waals surface area contributed by atoms with Crippen LogP contribution < -0.4 is 0 Å². The van der Waals surface area contributed by atoms with Crippen molar-refractivity contribution in [3.63, 3.8) is 0 Å². The van der Waals surface area contributed by atoms with E-state index in [0.717, 1.165) is 24.9 Å². The maximum Gasteiger partial charge on any atom is 0.410 e. The minimum Gasteiger partial charge on any atom is -0.483 e. The topological polar surface area (TPSA) is 66.8 Å². The molecule has 0 bridgehead atoms. The Kier molecular flexibility index (Phi) is 3.78. The Bertz CT molecular complexity index is 262. The van der Waals surface area contributed by atoms with Crippen molar-refractivity contribution in [3.8, 4) is 0 Å². The fraction of sp³-hybridized carbons (Fsp3) is 0.818. The number of amides is 1. The number of rotatable bonds is 0. The molecule has 0 spiro atoms. The van der Waals surface area contributed by atoms with Crippen LogP contribution in [0.5, 0.6) is 0 Å². The average molecular weight is 229 g/mol. The van der Waals surface area contributed by atoms with Gasteiger partial charge in [-0.3, -0.25) is 4.79 Å². The number of hydrogen-bond donors (Lipinski definition) is 1. The number of piperidine rings is 1. The summed E-state index contributed by atoms with van der Waals surface area (Å²) < 4.78 is 5.28. The molecule has 5 heteroatoms. The quantitative estimate of drug-likeness (QED) is 0.640. The molecule has 1 amide bonds. The van der Waals surface area contributed by atoms with Crippen molar-refractivity contribution < 1.29 is 19.4 Å². The molecule has 2 atom stereocenters. The molecule has 0 radical (unpaired) electrons. The van der Waals surface area contributed by atoms with Crippen molar-refractivity contribution in [2.24, 2.45) is 11.8 Å². The smallest absolute Gasteiger partial charge is 0.410 e. The molecule has 16 heavy (non-hydrogen) atoms. The second-order valence-corrected chi connectivity index (χ2v) is 5.25. The summed E-state index contributed by atoms with van der Waals surface area (Å²) in [5.74, 6) is 1.57. The van der Waals surface area contributed by atoms with Crippen LogP contribution in [0.15, 0.2) is 0 Å². The molecule has 2 fully saturated rings. The SMILES string of the molecule is CC(C)(C)OC(=O)N1CC2CC2C1.O=CO. The lowest BCUT2D eigenvalue weighted by Gasteiger charge is -2.25. The highest BCUT2D eigenvalue weighted by Crippen LogP contribution is 2.45. The maximum absolute atomic E-state index is 11.5. The fourth-order valence-electron chi connectivity index (χ4n) is 1.87. The van der Waals surface area contributed by atoms with Gasteiger partial charge in [0.25, 0.3) is 6.47 Å². The predicted molar refractivity (Wildman–Crippen MR) is 58.1 cm³/mol. The van der Waals surface area contributed by atoms with Crippen LogP contribution in [0, 0.1) is 11.8 Å². The van der Waals surface area contributed by atoms with Crippen LogP contribution in [0.3, 0.4) is 0 Å². The molecule has 2 unspecified atom stereocenters. The normalized spacial score (nSPS) is 26.3. The van der Waals surface area contributed by atoms with E-state index in [1.807, 2.05) is 25.7 Å². The third-order valence-electron chi connectivity index (χ3n) is 2.63. The minimum absolute atomic E-state index is 0.139. The molecule has 1 aliphatic carbocycles. The zero-order valence-electron chi connectivity index (χ0n) is 9.97. The lowest BCUT2D eigenvalue weighted by atomic mass is 10.2. The number of fused-ring (bicyclic) bond motifs is 1. The van der Waals surface area contributed by atoms with Crippen molar-refractivity contribution in [3.05, 3.63) is 0 Å². The van der Waals surface area contributed by atoms with E-state index < -0.39 is 0 Å². The van der Waals surface area contributed by atoms with E-state index >= 15 is 0 Å². The Labute approximate surface area is 95.4 Å². The summed E-state index contributed by atoms with van der Waals surface area (Å²) in [4.78, 5) is 21.7. The largest absolute Gasteiger partial charge is 0.483 e. The van der Waals surface area contributed by atoms with E-state index in [-0.39, 0.29) is 18.2 Å². The molecule has 2 rings (SSSR count). The molecule has 0 aromatic heterocycles. The summed E-state index contributed by atoms with van der Waals surface area (Å²) in [5, 5.41) is 6.89. The summed E-state index contributed by atoms with van der Waals surface area (Å²) in [6.45, 7) is 7.30. The third-order valence-corrected chi connectivity index (χ3v) is 2.63. The zero-order chi connectivity index (χ0) is 12.3. The Balaban J connectivity index is 0.000000386. The van der Waals surface area contributed by atoms with Crippen molar-refractivity contribution in [1.29, 1.82) is 0 Å². The van der Waals surface area contributed by atoms with E-state index in [9.17, 15) is 4.79 Å². The lowest BCUT2D eigenvalue weighted by Crippen LogP contribution is -2.36. The number of carboxylic acid groups (broad SMARTS) is 1. The molecule has 1 aliphatic heterocycles. The van der Waals surface area contributed by atoms with Gasteiger partial charge in [-0.1, -0.05) is 0 Å². The van der Waals surface area contributed by atoms with Gasteiger partial charge in [0, 0.05) is 13.1 Å². The molecule has 1 heterocycles. The Morgan fingerprint density at radius 1 is 1.38 bits per heavy atom. The zero-order valence-corrected chi connectivity index (χ0v) is 9.97. The molecule has 92 valence electrons. The highest BCUT2D eigenvalue weighted by atomic mass is 16.6. The summed E-state index contributed by atoms with van der Waals surface area (Å²) in [6.07, 6.45) is 1.18. The Morgan fingerprint density at radius 2 is 1.81 bits per heavy atom. The standard InChI is InChI=1S/C10H17NO2.CH2O2/c1-10(2,3)13-9(12)11-5-7-4-8(7)6-11;2-1-3/h7-8H,4-6H2,1-3H3;1H,(H,2,3). The summed E-state index contributed by atoms with van der Waals surface area (Å²) >= 11 is 0. The summed E-state index contributed by atoms with van der Waals surface area (Å²) in [7, 11) is 0. The van der Waals surface area contributed by atoms with E-state index in [1.54, 1.807) is 0 Å². The molecule has 5 nitrogen and oxygen atoms in total. The van der Waals surface area contributed by atoms with Crippen LogP contribution >= 0.6 is 0 Å². The van der Waals surface area contributed by atoms with Crippen LogP contribution in [0.25, 0.3) is 0 Å². The maximum atomic E-state index is 11.5. The summed E-state index contributed by atoms with van der Waals surface area (Å²) in [5.41, 5.74) is -0.357. The molecule has 1 saturated carbocycles. The van der Waals surface area contributed by atoms with Crippen LogP contribution in [0.1, 0.15) is 27.2 Å². The van der Waals surface area contributed by atoms with Crippen LogP contribution in [-0.4, -0.2) is 41.3 Å². The first kappa shape index (κ1) is 12.8. The number of carbonyl (C=O) groups is 2. The number of likely N-dealkylation sites (tertiary alicyclic amines) is 1. The molecular formula is C11H19NO4. The first-order chi connectivity index (χ1) is 7.37. The predicted octanol–water partition coefficient (Wildman–Crippen LogP) is 1.57. The number of nitrogens with zero attached hydrogens (tertiary/aromatic N) is 1. The number of hydrogen-bond acceptors (Lipinski definition) is 3. The van der Waals surface area contributed by atoms with Gasteiger partial charge in [0.1, 0.15) is 5.60 Å². The highest BCUT2D eigenvalue weighted by Gasteiger charge is 2.47. The molecule has 0 aromatic carbocycles. The van der Waals surface area contributed by atoms with Crippen LogP contribution in [0.4, 0.5) is 4.79 Å². The van der Waals surface area contributed by atoms with Gasteiger partial charge in [0.2, 0.25) is 0 Å². The van der Waals surface area contributed by atoms with Gasteiger partial charge in [0.15, 0.2) is 0 Å². The Morgan fingerprint density at radius 3 is 2.19 bits per heavy atom. The summed E-state index contributed by atoms with van der Waals surface area (Å²) in [6, 6.07) is 0. The highest BCUT2D eigenvalue weighted by molar-refractivity contribution is 5.68. The van der Waals surface area contributed by atoms with Gasteiger partial charge >= 0.3 is 6.09 Å². The van der Waals surface area contributed by atoms with Crippen LogP contribution in [0.2, 0.25) is 0 Å². The van der Waals surface area contributed by atoms with E-state index in [1.165, 1.54) is 6.42 Å².